The average Bonchev–Trinajstić information content (AvgIpc) is 3.02. The first-order chi connectivity index (χ1) is 15.2. The lowest BCUT2D eigenvalue weighted by Gasteiger charge is -2.43. The molecule has 0 aliphatic carbocycles. The summed E-state index contributed by atoms with van der Waals surface area (Å²) in [5.41, 5.74) is 0. The van der Waals surface area contributed by atoms with E-state index in [1.54, 1.807) is 0 Å². The average molecular weight is 468 g/mol. The van der Waals surface area contributed by atoms with Crippen LogP contribution in [-0.4, -0.2) is 116 Å². The molecule has 0 aromatic carbocycles. The quantitative estimate of drug-likeness (QED) is 0.118. The number of aliphatic hydroxyl groups is 7. The maximum atomic E-state index is 12.2. The molecule has 7 N–H and O–H groups in total. The van der Waals surface area contributed by atoms with Gasteiger partial charge in [0.15, 0.2) is 6.29 Å². The summed E-state index contributed by atoms with van der Waals surface area (Å²) in [4.78, 5) is 12.2. The third-order valence-electron chi connectivity index (χ3n) is 5.77. The number of hydrogen-bond donors (Lipinski definition) is 7. The second-order valence-electron chi connectivity index (χ2n) is 8.23. The summed E-state index contributed by atoms with van der Waals surface area (Å²) in [6.45, 7) is -0.0336. The Hall–Kier alpha value is -0.930. The monoisotopic (exact) mass is 468 g/mol. The summed E-state index contributed by atoms with van der Waals surface area (Å²) >= 11 is 0. The normalized spacial score (nSPS) is 39.9. The van der Waals surface area contributed by atoms with Crippen molar-refractivity contribution in [3.63, 3.8) is 0 Å². The molecule has 32 heavy (non-hydrogen) atoms. The van der Waals surface area contributed by atoms with Gasteiger partial charge in [-0.25, -0.2) is 0 Å². The molecular formula is C20H36O12. The Morgan fingerprint density at radius 3 is 2.12 bits per heavy atom. The van der Waals surface area contributed by atoms with Crippen LogP contribution in [-0.2, 0) is 23.7 Å². The van der Waals surface area contributed by atoms with E-state index in [0.717, 1.165) is 25.7 Å². The Kier molecular flexibility index (Phi) is 10.7. The first kappa shape index (κ1) is 27.3. The zero-order valence-corrected chi connectivity index (χ0v) is 18.2. The van der Waals surface area contributed by atoms with Crippen LogP contribution >= 0.6 is 0 Å². The van der Waals surface area contributed by atoms with E-state index in [-0.39, 0.29) is 6.42 Å². The highest BCUT2D eigenvalue weighted by molar-refractivity contribution is 5.69. The topological polar surface area (TPSA) is 196 Å². The first-order valence-electron chi connectivity index (χ1n) is 11.0. The lowest BCUT2D eigenvalue weighted by Crippen LogP contribution is -2.62. The van der Waals surface area contributed by atoms with Crippen LogP contribution in [0.5, 0.6) is 0 Å². The highest BCUT2D eigenvalue weighted by Crippen LogP contribution is 2.36. The lowest BCUT2D eigenvalue weighted by atomic mass is 9.99. The van der Waals surface area contributed by atoms with Gasteiger partial charge in [0.1, 0.15) is 49.3 Å². The molecule has 2 rings (SSSR count). The van der Waals surface area contributed by atoms with Crippen LogP contribution in [0.25, 0.3) is 0 Å². The Morgan fingerprint density at radius 2 is 1.53 bits per heavy atom. The third kappa shape index (κ3) is 6.35. The molecule has 2 heterocycles. The van der Waals surface area contributed by atoms with Gasteiger partial charge in [0.25, 0.3) is 0 Å². The minimum Gasteiger partial charge on any atom is -0.460 e. The molecule has 2 saturated heterocycles. The lowest BCUT2D eigenvalue weighted by molar-refractivity contribution is -0.383. The van der Waals surface area contributed by atoms with E-state index in [4.69, 9.17) is 18.9 Å². The van der Waals surface area contributed by atoms with Crippen LogP contribution in [0.4, 0.5) is 0 Å². The van der Waals surface area contributed by atoms with Gasteiger partial charge in [0.05, 0.1) is 13.2 Å². The molecule has 2 aliphatic heterocycles. The molecule has 0 saturated carbocycles. The van der Waals surface area contributed by atoms with E-state index in [1.165, 1.54) is 0 Å². The largest absolute Gasteiger partial charge is 0.460 e. The van der Waals surface area contributed by atoms with Gasteiger partial charge in [-0.05, 0) is 6.42 Å². The molecule has 2 aliphatic rings. The molecule has 0 aromatic rings. The molecule has 2 fully saturated rings. The van der Waals surface area contributed by atoms with Gasteiger partial charge in [-0.3, -0.25) is 4.79 Å². The van der Waals surface area contributed by atoms with Gasteiger partial charge in [-0.2, -0.15) is 0 Å². The van der Waals surface area contributed by atoms with Crippen molar-refractivity contribution < 1.29 is 59.5 Å². The van der Waals surface area contributed by atoms with Gasteiger partial charge in [-0.1, -0.05) is 32.6 Å². The van der Waals surface area contributed by atoms with E-state index in [9.17, 15) is 40.5 Å². The molecule has 0 radical (unpaired) electrons. The van der Waals surface area contributed by atoms with Crippen molar-refractivity contribution >= 4 is 5.97 Å². The Balaban J connectivity index is 2.08. The molecule has 188 valence electrons. The number of carbonyl (C=O) groups is 1. The van der Waals surface area contributed by atoms with Crippen molar-refractivity contribution in [2.45, 2.75) is 100 Å². The summed E-state index contributed by atoms with van der Waals surface area (Å²) in [5.74, 6) is -2.84. The van der Waals surface area contributed by atoms with Crippen LogP contribution in [0.1, 0.15) is 45.4 Å². The van der Waals surface area contributed by atoms with Crippen LogP contribution in [0, 0.1) is 0 Å². The molecule has 12 heteroatoms. The number of hydrogen-bond acceptors (Lipinski definition) is 12. The van der Waals surface area contributed by atoms with Gasteiger partial charge in [0, 0.05) is 6.42 Å². The van der Waals surface area contributed by atoms with E-state index in [1.807, 2.05) is 0 Å². The second kappa shape index (κ2) is 12.5. The van der Waals surface area contributed by atoms with Crippen LogP contribution in [0.3, 0.4) is 0 Å². The summed E-state index contributed by atoms with van der Waals surface area (Å²) in [6.07, 6.45) is -8.28. The Bertz CT molecular complexity index is 575. The maximum absolute atomic E-state index is 12.2. The van der Waals surface area contributed by atoms with Crippen molar-refractivity contribution in [1.82, 2.24) is 0 Å². The molecule has 0 unspecified atom stereocenters. The fraction of sp³-hybridized carbons (Fsp3) is 0.950. The fourth-order valence-electron chi connectivity index (χ4n) is 3.74. The minimum atomic E-state index is -2.24. The second-order valence-corrected chi connectivity index (χ2v) is 8.23. The molecule has 9 atom stereocenters. The van der Waals surface area contributed by atoms with E-state index < -0.39 is 80.6 Å². The predicted octanol–water partition coefficient (Wildman–Crippen LogP) is -2.48. The van der Waals surface area contributed by atoms with E-state index >= 15 is 0 Å². The van der Waals surface area contributed by atoms with Crippen molar-refractivity contribution in [3.8, 4) is 0 Å². The van der Waals surface area contributed by atoms with Crippen molar-refractivity contribution in [2.24, 2.45) is 0 Å². The van der Waals surface area contributed by atoms with Gasteiger partial charge in [-0.15, -0.1) is 0 Å². The number of aliphatic hydroxyl groups excluding tert-OH is 7. The van der Waals surface area contributed by atoms with Crippen LogP contribution < -0.4 is 0 Å². The highest BCUT2D eigenvalue weighted by atomic mass is 16.8. The SMILES string of the molecule is CCCCCCCC(=O)OC[C@]1(O[C@H]2O[C@H](CO)[C@@H](O)[C@H](O)[C@H]2O)O[C@H](CO)[C@@H](O)[C@@H]1O. The zero-order chi connectivity index (χ0) is 23.9. The molecule has 0 spiro atoms. The zero-order valence-electron chi connectivity index (χ0n) is 18.2. The molecular weight excluding hydrogens is 432 g/mol. The van der Waals surface area contributed by atoms with Gasteiger partial charge in [0.2, 0.25) is 5.79 Å². The number of ether oxygens (including phenoxy) is 4. The number of rotatable bonds is 12. The van der Waals surface area contributed by atoms with Gasteiger partial charge >= 0.3 is 5.97 Å². The summed E-state index contributed by atoms with van der Waals surface area (Å²) in [5, 5.41) is 69.6. The van der Waals surface area contributed by atoms with E-state index in [0.29, 0.717) is 6.42 Å². The standard InChI is InChI=1S/C20H36O12/c1-2-3-4-5-6-7-13(23)29-10-20(18(28)15(25)12(9-22)31-20)32-19-17(27)16(26)14(24)11(8-21)30-19/h11-12,14-19,21-22,24-28H,2-10H2,1H3/t11-,12-,14-,15-,16+,17-,18+,19-,20-/m1/s1. The summed E-state index contributed by atoms with van der Waals surface area (Å²) in [7, 11) is 0. The minimum absolute atomic E-state index is 0.113. The molecule has 0 bridgehead atoms. The molecule has 0 amide bonds. The number of unbranched alkanes of at least 4 members (excludes halogenated alkanes) is 4. The Morgan fingerprint density at radius 1 is 0.875 bits per heavy atom. The molecule has 12 nitrogen and oxygen atoms in total. The van der Waals surface area contributed by atoms with Crippen molar-refractivity contribution in [3.05, 3.63) is 0 Å². The number of esters is 1. The predicted molar refractivity (Wildman–Crippen MR) is 106 cm³/mol. The maximum Gasteiger partial charge on any atom is 0.305 e. The smallest absolute Gasteiger partial charge is 0.305 e. The highest BCUT2D eigenvalue weighted by Gasteiger charge is 2.59. The summed E-state index contributed by atoms with van der Waals surface area (Å²) in [6, 6.07) is 0. The van der Waals surface area contributed by atoms with E-state index in [2.05, 4.69) is 6.92 Å². The van der Waals surface area contributed by atoms with Crippen LogP contribution in [0.2, 0.25) is 0 Å². The Labute approximate surface area is 186 Å². The third-order valence-corrected chi connectivity index (χ3v) is 5.77. The molecule has 0 aromatic heterocycles. The van der Waals surface area contributed by atoms with Gasteiger partial charge < -0.3 is 54.7 Å². The van der Waals surface area contributed by atoms with Crippen molar-refractivity contribution in [1.29, 1.82) is 0 Å². The van der Waals surface area contributed by atoms with Crippen LogP contribution in [0.15, 0.2) is 0 Å². The van der Waals surface area contributed by atoms with Crippen molar-refractivity contribution in [2.75, 3.05) is 19.8 Å². The number of carbonyl (C=O) groups excluding carboxylic acids is 1. The fourth-order valence-corrected chi connectivity index (χ4v) is 3.74. The first-order valence-corrected chi connectivity index (χ1v) is 11.0. The summed E-state index contributed by atoms with van der Waals surface area (Å²) < 4.78 is 21.5.